The topological polar surface area (TPSA) is 73.6 Å². The molecule has 0 saturated heterocycles. The van der Waals surface area contributed by atoms with E-state index in [-0.39, 0.29) is 12.3 Å². The molecule has 1 aromatic heterocycles. The van der Waals surface area contributed by atoms with Crippen molar-refractivity contribution >= 4 is 11.6 Å². The van der Waals surface area contributed by atoms with Gasteiger partial charge in [-0.15, -0.1) is 0 Å². The highest BCUT2D eigenvalue weighted by atomic mass is 19.1. The third kappa shape index (κ3) is 4.00. The van der Waals surface area contributed by atoms with Crippen LogP contribution in [0.3, 0.4) is 0 Å². The molecule has 0 aliphatic carbocycles. The second-order valence-electron chi connectivity index (χ2n) is 5.49. The number of rotatable bonds is 6. The second kappa shape index (κ2) is 7.69. The van der Waals surface area contributed by atoms with Crippen molar-refractivity contribution in [2.75, 3.05) is 19.5 Å². The molecule has 26 heavy (non-hydrogen) atoms. The second-order valence-corrected chi connectivity index (χ2v) is 5.49. The van der Waals surface area contributed by atoms with Crippen LogP contribution >= 0.6 is 0 Å². The summed E-state index contributed by atoms with van der Waals surface area (Å²) in [5.74, 6) is 0.930. The first-order valence-electron chi connectivity index (χ1n) is 7.82. The van der Waals surface area contributed by atoms with Gasteiger partial charge < -0.3 is 19.3 Å². The van der Waals surface area contributed by atoms with Gasteiger partial charge in [0, 0.05) is 17.3 Å². The molecule has 0 fully saturated rings. The molecule has 0 saturated carbocycles. The molecule has 2 aromatic carbocycles. The van der Waals surface area contributed by atoms with Crippen LogP contribution in [0.25, 0.3) is 11.3 Å². The summed E-state index contributed by atoms with van der Waals surface area (Å²) < 4.78 is 28.9. The Morgan fingerprint density at radius 2 is 1.92 bits per heavy atom. The molecule has 3 aromatic rings. The quantitative estimate of drug-likeness (QED) is 0.729. The minimum absolute atomic E-state index is 0.00724. The van der Waals surface area contributed by atoms with E-state index in [2.05, 4.69) is 10.5 Å². The fourth-order valence-electron chi connectivity index (χ4n) is 2.46. The standard InChI is InChI=1S/C19H17FN2O4/c1-24-16-7-6-12(8-18(16)25-2)17-10-15(22-26-17)11-19(23)21-14-5-3-4-13(20)9-14/h3-10H,11H2,1-2H3,(H,21,23). The van der Waals surface area contributed by atoms with Crippen molar-refractivity contribution in [2.24, 2.45) is 0 Å². The van der Waals surface area contributed by atoms with E-state index in [9.17, 15) is 9.18 Å². The Kier molecular flexibility index (Phi) is 5.17. The van der Waals surface area contributed by atoms with Crippen LogP contribution in [-0.2, 0) is 11.2 Å². The van der Waals surface area contributed by atoms with Gasteiger partial charge in [-0.3, -0.25) is 4.79 Å². The predicted octanol–water partition coefficient (Wildman–Crippen LogP) is 3.68. The van der Waals surface area contributed by atoms with Crippen molar-refractivity contribution in [2.45, 2.75) is 6.42 Å². The van der Waals surface area contributed by atoms with Crippen LogP contribution in [0.1, 0.15) is 5.69 Å². The number of hydrogen-bond donors (Lipinski definition) is 1. The van der Waals surface area contributed by atoms with Crippen molar-refractivity contribution < 1.29 is 23.2 Å². The molecule has 7 heteroatoms. The van der Waals surface area contributed by atoms with Crippen molar-refractivity contribution in [1.82, 2.24) is 5.16 Å². The lowest BCUT2D eigenvalue weighted by atomic mass is 10.1. The van der Waals surface area contributed by atoms with Gasteiger partial charge in [-0.1, -0.05) is 11.2 Å². The summed E-state index contributed by atoms with van der Waals surface area (Å²) in [5.41, 5.74) is 1.59. The zero-order valence-corrected chi connectivity index (χ0v) is 14.3. The highest BCUT2D eigenvalue weighted by Gasteiger charge is 2.13. The van der Waals surface area contributed by atoms with E-state index in [1.807, 2.05) is 0 Å². The number of ether oxygens (including phenoxy) is 2. The number of methoxy groups -OCH3 is 2. The summed E-state index contributed by atoms with van der Waals surface area (Å²) in [5, 5.41) is 6.52. The first-order valence-corrected chi connectivity index (χ1v) is 7.82. The molecule has 0 spiro atoms. The number of nitrogens with zero attached hydrogens (tertiary/aromatic N) is 1. The maximum atomic E-state index is 13.2. The van der Waals surface area contributed by atoms with Gasteiger partial charge in [-0.05, 0) is 36.4 Å². The van der Waals surface area contributed by atoms with Crippen LogP contribution in [0.5, 0.6) is 11.5 Å². The lowest BCUT2D eigenvalue weighted by Crippen LogP contribution is -2.14. The monoisotopic (exact) mass is 356 g/mol. The molecule has 6 nitrogen and oxygen atoms in total. The van der Waals surface area contributed by atoms with Crippen LogP contribution in [0.4, 0.5) is 10.1 Å². The van der Waals surface area contributed by atoms with Crippen LogP contribution in [-0.4, -0.2) is 25.3 Å². The molecule has 1 N–H and O–H groups in total. The summed E-state index contributed by atoms with van der Waals surface area (Å²) in [7, 11) is 3.10. The van der Waals surface area contributed by atoms with E-state index in [0.717, 1.165) is 5.56 Å². The molecular weight excluding hydrogens is 339 g/mol. The predicted molar refractivity (Wildman–Crippen MR) is 93.8 cm³/mol. The van der Waals surface area contributed by atoms with Gasteiger partial charge in [-0.25, -0.2) is 4.39 Å². The highest BCUT2D eigenvalue weighted by molar-refractivity contribution is 5.92. The molecule has 0 aliphatic rings. The van der Waals surface area contributed by atoms with Crippen molar-refractivity contribution in [3.05, 3.63) is 60.0 Å². The first kappa shape index (κ1) is 17.5. The molecule has 134 valence electrons. The van der Waals surface area contributed by atoms with E-state index in [0.29, 0.717) is 28.6 Å². The van der Waals surface area contributed by atoms with E-state index in [1.54, 1.807) is 44.6 Å². The molecule has 1 heterocycles. The Hall–Kier alpha value is -3.35. The Morgan fingerprint density at radius 1 is 1.12 bits per heavy atom. The average molecular weight is 356 g/mol. The molecule has 1 amide bonds. The molecule has 0 atom stereocenters. The van der Waals surface area contributed by atoms with Crippen LogP contribution in [0.2, 0.25) is 0 Å². The molecular formula is C19H17FN2O4. The average Bonchev–Trinajstić information content (AvgIpc) is 3.09. The number of hydrogen-bond acceptors (Lipinski definition) is 5. The Morgan fingerprint density at radius 3 is 2.65 bits per heavy atom. The summed E-state index contributed by atoms with van der Waals surface area (Å²) in [4.78, 5) is 12.1. The zero-order chi connectivity index (χ0) is 18.5. The maximum Gasteiger partial charge on any atom is 0.230 e. The van der Waals surface area contributed by atoms with Crippen LogP contribution < -0.4 is 14.8 Å². The van der Waals surface area contributed by atoms with Gasteiger partial charge in [0.1, 0.15) is 5.82 Å². The molecule has 0 bridgehead atoms. The zero-order valence-electron chi connectivity index (χ0n) is 14.3. The van der Waals surface area contributed by atoms with Gasteiger partial charge in [-0.2, -0.15) is 0 Å². The normalized spacial score (nSPS) is 10.4. The number of anilines is 1. The molecule has 0 aliphatic heterocycles. The Bertz CT molecular complexity index is 923. The lowest BCUT2D eigenvalue weighted by molar-refractivity contribution is -0.115. The molecule has 0 radical (unpaired) electrons. The van der Waals surface area contributed by atoms with Crippen LogP contribution in [0, 0.1) is 5.82 Å². The van der Waals surface area contributed by atoms with Crippen LogP contribution in [0.15, 0.2) is 53.1 Å². The minimum atomic E-state index is -0.417. The highest BCUT2D eigenvalue weighted by Crippen LogP contribution is 2.32. The maximum absolute atomic E-state index is 13.2. The summed E-state index contributed by atoms with van der Waals surface area (Å²) in [6.07, 6.45) is 0.00724. The number of nitrogens with one attached hydrogen (secondary N) is 1. The first-order chi connectivity index (χ1) is 12.6. The smallest absolute Gasteiger partial charge is 0.230 e. The number of benzene rings is 2. The summed E-state index contributed by atoms with van der Waals surface area (Å²) >= 11 is 0. The third-order valence-electron chi connectivity index (χ3n) is 3.68. The SMILES string of the molecule is COc1ccc(-c2cc(CC(=O)Nc3cccc(F)c3)no2)cc1OC. The minimum Gasteiger partial charge on any atom is -0.493 e. The van der Waals surface area contributed by atoms with E-state index >= 15 is 0 Å². The fraction of sp³-hybridized carbons (Fsp3) is 0.158. The number of halogens is 1. The van der Waals surface area contributed by atoms with Crippen molar-refractivity contribution in [1.29, 1.82) is 0 Å². The Labute approximate surface area is 149 Å². The van der Waals surface area contributed by atoms with Crippen molar-refractivity contribution in [3.63, 3.8) is 0 Å². The van der Waals surface area contributed by atoms with Gasteiger partial charge >= 0.3 is 0 Å². The van der Waals surface area contributed by atoms with Gasteiger partial charge in [0.25, 0.3) is 0 Å². The summed E-state index contributed by atoms with van der Waals surface area (Å²) in [6.45, 7) is 0. The number of carbonyl (C=O) groups is 1. The van der Waals surface area contributed by atoms with Gasteiger partial charge in [0.15, 0.2) is 17.3 Å². The number of aromatic nitrogens is 1. The fourth-order valence-corrected chi connectivity index (χ4v) is 2.46. The van der Waals surface area contributed by atoms with Gasteiger partial charge in [0.2, 0.25) is 5.91 Å². The Balaban J connectivity index is 1.70. The van der Waals surface area contributed by atoms with E-state index in [4.69, 9.17) is 14.0 Å². The van der Waals surface area contributed by atoms with E-state index in [1.165, 1.54) is 18.2 Å². The molecule has 3 rings (SSSR count). The summed E-state index contributed by atoms with van der Waals surface area (Å²) in [6, 6.07) is 12.7. The van der Waals surface area contributed by atoms with Crippen molar-refractivity contribution in [3.8, 4) is 22.8 Å². The third-order valence-corrected chi connectivity index (χ3v) is 3.68. The number of carbonyl (C=O) groups excluding carboxylic acids is 1. The largest absolute Gasteiger partial charge is 0.493 e. The van der Waals surface area contributed by atoms with E-state index < -0.39 is 5.82 Å². The lowest BCUT2D eigenvalue weighted by Gasteiger charge is -2.07. The van der Waals surface area contributed by atoms with Gasteiger partial charge in [0.05, 0.1) is 26.3 Å². The molecule has 0 unspecified atom stereocenters. The number of amides is 1.